The van der Waals surface area contributed by atoms with Crippen LogP contribution in [-0.2, 0) is 0 Å². The minimum atomic E-state index is -1.00. The van der Waals surface area contributed by atoms with Gasteiger partial charge in [0.15, 0.2) is 11.6 Å². The lowest BCUT2D eigenvalue weighted by Gasteiger charge is -2.06. The number of carboxylic acid groups (broad SMARTS) is 5. The third kappa shape index (κ3) is 14.6. The van der Waals surface area contributed by atoms with Crippen molar-refractivity contribution in [2.75, 3.05) is 0 Å². The number of carboxylic acids is 5. The number of benzene rings is 10. The number of nitrogens with zero attached hydrogens (tertiary/aromatic N) is 5. The van der Waals surface area contributed by atoms with Crippen molar-refractivity contribution in [3.8, 4) is 28.4 Å². The maximum atomic E-state index is 13.5. The zero-order valence-electron chi connectivity index (χ0n) is 53.4. The second-order valence-corrected chi connectivity index (χ2v) is 23.5. The highest BCUT2D eigenvalue weighted by molar-refractivity contribution is 6.30. The van der Waals surface area contributed by atoms with E-state index in [-0.39, 0.29) is 38.9 Å². The van der Waals surface area contributed by atoms with Crippen LogP contribution in [0.3, 0.4) is 0 Å². The number of aryl methyl sites for hydroxylation is 4. The summed E-state index contributed by atoms with van der Waals surface area (Å²) in [4.78, 5) is 55.0. The van der Waals surface area contributed by atoms with Gasteiger partial charge in [0.2, 0.25) is 0 Å². The standard InChI is InChI=1S/C16H11F2NO2.2C16H12FNO2.C16H13NO2.C15H9ClFNO2/c1-9-8-19(11-3-4-13(17)14(18)7-11)15-5-2-10(16(20)21)6-12(9)15;1-10-9-18(13-5-3-12(17)4-6-13)15-7-2-11(16(19)20)8-14(10)15;1-10-9-18(13-4-2-3-12(17)8-13)15-6-5-11(16(19)20)7-14(10)15;1-11-10-17(13-5-3-2-4-6-13)15-8-7-12(16(18)19)9-14(11)15;16-12-3-2-11(8-13(12)17)18-6-5-9-7-10(15(19)20)1-4-14(9)18/h2-8H,1H3,(H,20,21);2*2-9H,1H3,(H,19,20);2-10H,1H3,(H,18,19);1-8H,(H,19,20). The Morgan fingerprint density at radius 2 is 0.650 bits per heavy atom. The molecule has 0 bridgehead atoms. The highest BCUT2D eigenvalue weighted by Crippen LogP contribution is 2.32. The number of para-hydroxylation sites is 1. The van der Waals surface area contributed by atoms with E-state index in [9.17, 15) is 45.9 Å². The minimum Gasteiger partial charge on any atom is -0.478 e. The van der Waals surface area contributed by atoms with Gasteiger partial charge in [-0.2, -0.15) is 0 Å². The molecular weight excluding hydrogens is 1310 g/mol. The summed E-state index contributed by atoms with van der Waals surface area (Å²) in [5.41, 5.74) is 13.2. The van der Waals surface area contributed by atoms with E-state index in [1.165, 1.54) is 54.6 Å². The summed E-state index contributed by atoms with van der Waals surface area (Å²) >= 11 is 5.67. The molecule has 5 N–H and O–H groups in total. The van der Waals surface area contributed by atoms with Gasteiger partial charge >= 0.3 is 29.8 Å². The summed E-state index contributed by atoms with van der Waals surface area (Å²) < 4.78 is 75.6. The molecule has 0 fully saturated rings. The first kappa shape index (κ1) is 68.6. The van der Waals surface area contributed by atoms with Gasteiger partial charge in [0.1, 0.15) is 17.5 Å². The van der Waals surface area contributed by atoms with Crippen molar-refractivity contribution in [3.63, 3.8) is 0 Å². The Balaban J connectivity index is 0.000000126. The van der Waals surface area contributed by atoms with Gasteiger partial charge in [-0.25, -0.2) is 45.9 Å². The molecule has 0 saturated carbocycles. The van der Waals surface area contributed by atoms with Gasteiger partial charge in [-0.05, 0) is 232 Å². The van der Waals surface area contributed by atoms with E-state index in [1.807, 2.05) is 97.9 Å². The van der Waals surface area contributed by atoms with E-state index >= 15 is 0 Å². The first-order valence-electron chi connectivity index (χ1n) is 30.5. The summed E-state index contributed by atoms with van der Waals surface area (Å²) in [6, 6.07) is 57.2. The number of halogens is 6. The van der Waals surface area contributed by atoms with Crippen LogP contribution in [0.2, 0.25) is 5.02 Å². The Morgan fingerprint density at radius 3 is 1.06 bits per heavy atom. The Morgan fingerprint density at radius 1 is 0.300 bits per heavy atom. The van der Waals surface area contributed by atoms with Gasteiger partial charge in [0.25, 0.3) is 0 Å². The summed E-state index contributed by atoms with van der Waals surface area (Å²) in [5.74, 6) is -7.67. The maximum absolute atomic E-state index is 13.5. The van der Waals surface area contributed by atoms with Gasteiger partial charge < -0.3 is 48.4 Å². The zero-order valence-corrected chi connectivity index (χ0v) is 54.1. The SMILES string of the molecule is Cc1cn(-c2ccc(F)c(F)c2)c2ccc(C(=O)O)cc12.Cc1cn(-c2ccc(F)cc2)c2ccc(C(=O)O)cc12.Cc1cn(-c2cccc(F)c2)c2ccc(C(=O)O)cc12.Cc1cn(-c2ccccc2)c2ccc(C(=O)O)cc12.O=C(O)c1ccc2c(ccn2-c2ccc(Cl)c(F)c2)c1. The predicted molar refractivity (Wildman–Crippen MR) is 375 cm³/mol. The van der Waals surface area contributed by atoms with E-state index < -0.39 is 47.3 Å². The molecule has 0 aliphatic carbocycles. The first-order valence-corrected chi connectivity index (χ1v) is 30.9. The lowest BCUT2D eigenvalue weighted by atomic mass is 10.1. The number of carbonyl (C=O) groups is 5. The van der Waals surface area contributed by atoms with Crippen molar-refractivity contribution >= 4 is 96.0 Å². The largest absolute Gasteiger partial charge is 0.478 e. The quantitative estimate of drug-likeness (QED) is 0.0818. The van der Waals surface area contributed by atoms with Crippen LogP contribution in [0.15, 0.2) is 243 Å². The topological polar surface area (TPSA) is 211 Å². The van der Waals surface area contributed by atoms with E-state index in [0.717, 1.165) is 100 Å². The highest BCUT2D eigenvalue weighted by Gasteiger charge is 2.17. The molecule has 0 spiro atoms. The monoisotopic (exact) mass is 1370 g/mol. The summed E-state index contributed by atoms with van der Waals surface area (Å²) in [7, 11) is 0. The molecule has 0 atom stereocenters. The van der Waals surface area contributed by atoms with Crippen molar-refractivity contribution in [2.45, 2.75) is 27.7 Å². The summed E-state index contributed by atoms with van der Waals surface area (Å²) in [6.45, 7) is 7.66. The number of aromatic nitrogens is 5. The summed E-state index contributed by atoms with van der Waals surface area (Å²) in [5, 5.41) is 49.4. The number of aromatic carboxylic acids is 5. The molecular formula is C79H57ClF5N5O10. The lowest BCUT2D eigenvalue weighted by Crippen LogP contribution is -1.97. The Bertz CT molecular complexity index is 5700. The van der Waals surface area contributed by atoms with Crippen LogP contribution >= 0.6 is 11.6 Å². The number of hydrogen-bond donors (Lipinski definition) is 5. The average molecular weight is 1370 g/mol. The lowest BCUT2D eigenvalue weighted by molar-refractivity contribution is 0.0686. The molecule has 0 unspecified atom stereocenters. The summed E-state index contributed by atoms with van der Waals surface area (Å²) in [6.07, 6.45) is 9.36. The van der Waals surface area contributed by atoms with Gasteiger partial charge in [-0.1, -0.05) is 35.9 Å². The molecule has 21 heteroatoms. The van der Waals surface area contributed by atoms with Gasteiger partial charge in [-0.3, -0.25) is 0 Å². The van der Waals surface area contributed by atoms with E-state index in [4.69, 9.17) is 37.1 Å². The van der Waals surface area contributed by atoms with Crippen LogP contribution in [-0.4, -0.2) is 78.2 Å². The van der Waals surface area contributed by atoms with Crippen LogP contribution < -0.4 is 0 Å². The van der Waals surface area contributed by atoms with Gasteiger partial charge in [0.05, 0.1) is 60.4 Å². The molecule has 0 amide bonds. The maximum Gasteiger partial charge on any atom is 0.335 e. The van der Waals surface area contributed by atoms with Crippen LogP contribution in [0.25, 0.3) is 83.0 Å². The average Bonchev–Trinajstić information content (AvgIpc) is 1.66. The predicted octanol–water partition coefficient (Wildman–Crippen LogP) is 19.2. The molecule has 15 nitrogen and oxygen atoms in total. The molecule has 0 radical (unpaired) electrons. The Kier molecular flexibility index (Phi) is 19.8. The van der Waals surface area contributed by atoms with Crippen LogP contribution in [0.4, 0.5) is 22.0 Å². The molecule has 100 heavy (non-hydrogen) atoms. The molecule has 15 aromatic rings. The molecule has 0 aliphatic rings. The smallest absolute Gasteiger partial charge is 0.335 e. The molecule has 5 heterocycles. The molecule has 500 valence electrons. The van der Waals surface area contributed by atoms with Crippen molar-refractivity contribution < 1.29 is 71.5 Å². The second kappa shape index (κ2) is 28.9. The van der Waals surface area contributed by atoms with Crippen LogP contribution in [0, 0.1) is 56.8 Å². The van der Waals surface area contributed by atoms with Crippen molar-refractivity contribution in [1.29, 1.82) is 0 Å². The zero-order chi connectivity index (χ0) is 71.4. The number of rotatable bonds is 10. The van der Waals surface area contributed by atoms with Crippen LogP contribution in [0.5, 0.6) is 0 Å². The fourth-order valence-electron chi connectivity index (χ4n) is 11.6. The molecule has 5 aromatic heterocycles. The third-order valence-corrected chi connectivity index (χ3v) is 16.8. The van der Waals surface area contributed by atoms with Gasteiger partial charge in [0, 0.05) is 92.4 Å². The van der Waals surface area contributed by atoms with E-state index in [1.54, 1.807) is 125 Å². The van der Waals surface area contributed by atoms with E-state index in [2.05, 4.69) is 4.57 Å². The van der Waals surface area contributed by atoms with Crippen LogP contribution in [0.1, 0.15) is 74.0 Å². The number of hydrogen-bond acceptors (Lipinski definition) is 5. The second-order valence-electron chi connectivity index (χ2n) is 23.1. The van der Waals surface area contributed by atoms with Crippen molar-refractivity contribution in [3.05, 3.63) is 327 Å². The third-order valence-electron chi connectivity index (χ3n) is 16.5. The Labute approximate surface area is 571 Å². The highest BCUT2D eigenvalue weighted by atomic mass is 35.5. The van der Waals surface area contributed by atoms with Crippen molar-refractivity contribution in [1.82, 2.24) is 22.8 Å². The molecule has 15 rings (SSSR count). The minimum absolute atomic E-state index is 0.0679. The fourth-order valence-corrected chi connectivity index (χ4v) is 11.7. The normalized spacial score (nSPS) is 10.9. The molecule has 10 aromatic carbocycles. The Hall–Kier alpha value is -12.8. The van der Waals surface area contributed by atoms with E-state index in [0.29, 0.717) is 22.6 Å². The number of fused-ring (bicyclic) bond motifs is 5. The van der Waals surface area contributed by atoms with Crippen molar-refractivity contribution in [2.24, 2.45) is 0 Å². The van der Waals surface area contributed by atoms with Gasteiger partial charge in [-0.15, -0.1) is 0 Å². The fraction of sp³-hybridized carbons (Fsp3) is 0.0506. The molecule has 0 aliphatic heterocycles. The molecule has 0 saturated heterocycles. The first-order chi connectivity index (χ1) is 47.8.